The largest absolute Gasteiger partial charge is 0.419 e. The first-order valence-corrected chi connectivity index (χ1v) is 9.01. The summed E-state index contributed by atoms with van der Waals surface area (Å²) >= 11 is 0. The highest BCUT2D eigenvalue weighted by molar-refractivity contribution is 7.89. The molecular weight excluding hydrogens is 344 g/mol. The van der Waals surface area contributed by atoms with Crippen LogP contribution in [0.5, 0.6) is 0 Å². The zero-order valence-corrected chi connectivity index (χ0v) is 15.2. The van der Waals surface area contributed by atoms with Gasteiger partial charge in [0.1, 0.15) is 10.6 Å². The van der Waals surface area contributed by atoms with E-state index < -0.39 is 10.0 Å². The van der Waals surface area contributed by atoms with E-state index in [1.807, 2.05) is 31.2 Å². The molecule has 9 heteroatoms. The molecule has 3 aromatic rings. The van der Waals surface area contributed by atoms with Crippen molar-refractivity contribution in [3.05, 3.63) is 47.2 Å². The van der Waals surface area contributed by atoms with Crippen LogP contribution in [-0.2, 0) is 16.6 Å². The van der Waals surface area contributed by atoms with Gasteiger partial charge in [-0.15, -0.1) is 10.2 Å². The minimum atomic E-state index is -3.77. The lowest BCUT2D eigenvalue weighted by atomic mass is 10.1. The lowest BCUT2D eigenvalue weighted by Gasteiger charge is -2.14. The molecule has 2 heterocycles. The fourth-order valence-electron chi connectivity index (χ4n) is 2.40. The van der Waals surface area contributed by atoms with Crippen molar-refractivity contribution in [2.24, 2.45) is 0 Å². The Morgan fingerprint density at radius 3 is 2.36 bits per heavy atom. The topological polar surface area (TPSA) is 102 Å². The maximum absolute atomic E-state index is 12.7. The minimum absolute atomic E-state index is 0.0503. The van der Waals surface area contributed by atoms with E-state index in [0.717, 1.165) is 15.4 Å². The highest BCUT2D eigenvalue weighted by Gasteiger charge is 2.29. The molecule has 8 nitrogen and oxygen atoms in total. The third-order valence-corrected chi connectivity index (χ3v) is 5.81. The van der Waals surface area contributed by atoms with Gasteiger partial charge >= 0.3 is 0 Å². The number of hydrogen-bond acceptors (Lipinski definition) is 7. The van der Waals surface area contributed by atoms with Crippen molar-refractivity contribution in [1.82, 2.24) is 19.7 Å². The van der Waals surface area contributed by atoms with E-state index in [-0.39, 0.29) is 23.1 Å². The Morgan fingerprint density at radius 1 is 1.08 bits per heavy atom. The smallest absolute Gasteiger partial charge is 0.248 e. The molecule has 1 aromatic carbocycles. The van der Waals surface area contributed by atoms with Gasteiger partial charge in [0.2, 0.25) is 21.8 Å². The van der Waals surface area contributed by atoms with Crippen molar-refractivity contribution in [1.29, 1.82) is 0 Å². The number of aromatic nitrogens is 3. The Morgan fingerprint density at radius 2 is 1.76 bits per heavy atom. The van der Waals surface area contributed by atoms with E-state index in [4.69, 9.17) is 8.94 Å². The van der Waals surface area contributed by atoms with Crippen LogP contribution < -0.4 is 0 Å². The quantitative estimate of drug-likeness (QED) is 0.687. The summed E-state index contributed by atoms with van der Waals surface area (Å²) in [5.74, 6) is 0.793. The second kappa shape index (κ2) is 6.41. The number of rotatable bonds is 5. The number of hydrogen-bond donors (Lipinski definition) is 0. The zero-order chi connectivity index (χ0) is 18.2. The molecule has 132 valence electrons. The van der Waals surface area contributed by atoms with Crippen molar-refractivity contribution in [3.63, 3.8) is 0 Å². The standard InChI is InChI=1S/C16H18N4O4S/c1-10-5-7-13(8-6-10)16-18-17-14(23-16)9-20(4)25(21,22)15-11(2)19-24-12(15)3/h5-8H,9H2,1-4H3. The summed E-state index contributed by atoms with van der Waals surface area (Å²) in [7, 11) is -2.33. The van der Waals surface area contributed by atoms with Gasteiger partial charge in [0, 0.05) is 12.6 Å². The van der Waals surface area contributed by atoms with Gasteiger partial charge in [0.15, 0.2) is 5.76 Å². The third-order valence-electron chi connectivity index (χ3n) is 3.76. The predicted octanol–water partition coefficient (Wildman–Crippen LogP) is 2.47. The van der Waals surface area contributed by atoms with E-state index in [9.17, 15) is 8.42 Å². The van der Waals surface area contributed by atoms with Crippen molar-refractivity contribution in [3.8, 4) is 11.5 Å². The second-order valence-electron chi connectivity index (χ2n) is 5.78. The molecule has 0 amide bonds. The molecular formula is C16H18N4O4S. The normalized spacial score (nSPS) is 12.0. The monoisotopic (exact) mass is 362 g/mol. The van der Waals surface area contributed by atoms with Crippen LogP contribution in [0.2, 0.25) is 0 Å². The Labute approximate surface area is 145 Å². The predicted molar refractivity (Wildman–Crippen MR) is 89.1 cm³/mol. The Kier molecular flexibility index (Phi) is 4.44. The van der Waals surface area contributed by atoms with Crippen molar-refractivity contribution in [2.45, 2.75) is 32.2 Å². The van der Waals surface area contributed by atoms with Gasteiger partial charge in [-0.3, -0.25) is 0 Å². The van der Waals surface area contributed by atoms with Gasteiger partial charge in [-0.05, 0) is 32.9 Å². The molecule has 3 rings (SSSR count). The summed E-state index contributed by atoms with van der Waals surface area (Å²) in [6.07, 6.45) is 0. The highest BCUT2D eigenvalue weighted by Crippen LogP contribution is 2.24. The molecule has 0 N–H and O–H groups in total. The second-order valence-corrected chi connectivity index (χ2v) is 7.76. The van der Waals surface area contributed by atoms with Crippen LogP contribution in [0.25, 0.3) is 11.5 Å². The fourth-order valence-corrected chi connectivity index (χ4v) is 3.81. The maximum atomic E-state index is 12.7. The molecule has 0 saturated heterocycles. The van der Waals surface area contributed by atoms with Crippen LogP contribution >= 0.6 is 0 Å². The fraction of sp³-hybridized carbons (Fsp3) is 0.312. The molecule has 0 unspecified atom stereocenters. The Bertz CT molecular complexity index is 970. The maximum Gasteiger partial charge on any atom is 0.248 e. The van der Waals surface area contributed by atoms with Crippen molar-refractivity contribution >= 4 is 10.0 Å². The van der Waals surface area contributed by atoms with E-state index in [0.29, 0.717) is 11.6 Å². The van der Waals surface area contributed by atoms with E-state index in [1.54, 1.807) is 13.8 Å². The lowest BCUT2D eigenvalue weighted by Crippen LogP contribution is -2.27. The van der Waals surface area contributed by atoms with Gasteiger partial charge in [-0.2, -0.15) is 4.31 Å². The average molecular weight is 362 g/mol. The molecule has 0 bridgehead atoms. The minimum Gasteiger partial charge on any atom is -0.419 e. The summed E-state index contributed by atoms with van der Waals surface area (Å²) in [4.78, 5) is 0.0632. The average Bonchev–Trinajstić information content (AvgIpc) is 3.15. The number of benzene rings is 1. The highest BCUT2D eigenvalue weighted by atomic mass is 32.2. The number of aryl methyl sites for hydroxylation is 3. The SMILES string of the molecule is Cc1ccc(-c2nnc(CN(C)S(=O)(=O)c3c(C)noc3C)o2)cc1. The summed E-state index contributed by atoms with van der Waals surface area (Å²) in [6.45, 7) is 5.07. The van der Waals surface area contributed by atoms with Crippen molar-refractivity contribution in [2.75, 3.05) is 7.05 Å². The van der Waals surface area contributed by atoms with Crippen molar-refractivity contribution < 1.29 is 17.4 Å². The van der Waals surface area contributed by atoms with Gasteiger partial charge < -0.3 is 8.94 Å². The Hall–Kier alpha value is -2.52. The molecule has 0 aliphatic carbocycles. The lowest BCUT2D eigenvalue weighted by molar-refractivity contribution is 0.386. The number of nitrogens with zero attached hydrogens (tertiary/aromatic N) is 4. The first kappa shape index (κ1) is 17.3. The van der Waals surface area contributed by atoms with Gasteiger partial charge in [-0.1, -0.05) is 22.9 Å². The van der Waals surface area contributed by atoms with Crippen LogP contribution in [0, 0.1) is 20.8 Å². The summed E-state index contributed by atoms with van der Waals surface area (Å²) in [5, 5.41) is 11.6. The third kappa shape index (κ3) is 3.33. The molecule has 0 radical (unpaired) electrons. The van der Waals surface area contributed by atoms with Gasteiger partial charge in [0.05, 0.1) is 6.54 Å². The van der Waals surface area contributed by atoms with E-state index in [1.165, 1.54) is 7.05 Å². The summed E-state index contributed by atoms with van der Waals surface area (Å²) in [5.41, 5.74) is 2.21. The summed E-state index contributed by atoms with van der Waals surface area (Å²) in [6, 6.07) is 7.62. The van der Waals surface area contributed by atoms with Gasteiger partial charge in [-0.25, -0.2) is 8.42 Å². The summed E-state index contributed by atoms with van der Waals surface area (Å²) < 4.78 is 37.0. The van der Waals surface area contributed by atoms with E-state index >= 15 is 0 Å². The van der Waals surface area contributed by atoms with Crippen LogP contribution in [-0.4, -0.2) is 35.1 Å². The molecule has 0 atom stereocenters. The zero-order valence-electron chi connectivity index (χ0n) is 14.3. The molecule has 0 spiro atoms. The van der Waals surface area contributed by atoms with Crippen LogP contribution in [0.4, 0.5) is 0 Å². The molecule has 2 aromatic heterocycles. The molecule has 0 aliphatic heterocycles. The Balaban J connectivity index is 1.82. The van der Waals surface area contributed by atoms with Crippen LogP contribution in [0.15, 0.2) is 38.1 Å². The molecule has 0 aliphatic rings. The molecule has 0 saturated carbocycles. The first-order chi connectivity index (χ1) is 11.8. The van der Waals surface area contributed by atoms with Gasteiger partial charge in [0.25, 0.3) is 0 Å². The number of sulfonamides is 1. The molecule has 25 heavy (non-hydrogen) atoms. The molecule has 0 fully saturated rings. The van der Waals surface area contributed by atoms with E-state index in [2.05, 4.69) is 15.4 Å². The van der Waals surface area contributed by atoms with Crippen LogP contribution in [0.1, 0.15) is 22.9 Å². The first-order valence-electron chi connectivity index (χ1n) is 7.57. The van der Waals surface area contributed by atoms with Crippen LogP contribution in [0.3, 0.4) is 0 Å².